The van der Waals surface area contributed by atoms with E-state index in [1.54, 1.807) is 30.4 Å². The number of halogens is 1. The second kappa shape index (κ2) is 3.15. The van der Waals surface area contributed by atoms with E-state index >= 15 is 0 Å². The molecule has 3 heteroatoms. The van der Waals surface area contributed by atoms with Crippen molar-refractivity contribution in [2.75, 3.05) is 0 Å². The molecule has 1 heterocycles. The fourth-order valence-corrected chi connectivity index (χ4v) is 1.30. The van der Waals surface area contributed by atoms with Gasteiger partial charge in [-0.1, -0.05) is 11.6 Å². The summed E-state index contributed by atoms with van der Waals surface area (Å²) in [5.74, 6) is 0.746. The minimum absolute atomic E-state index is 0.181. The minimum Gasteiger partial charge on any atom is -0.507 e. The van der Waals surface area contributed by atoms with Crippen LogP contribution in [0.15, 0.2) is 36.6 Å². The summed E-state index contributed by atoms with van der Waals surface area (Å²) in [5.41, 5.74) is 0.648. The number of benzene rings is 1. The van der Waals surface area contributed by atoms with Gasteiger partial charge in [0.2, 0.25) is 0 Å². The van der Waals surface area contributed by atoms with Crippen molar-refractivity contribution in [2.24, 2.45) is 0 Å². The second-order valence-electron chi connectivity index (χ2n) is 2.64. The van der Waals surface area contributed by atoms with Crippen LogP contribution in [0.2, 0.25) is 5.02 Å². The number of fused-ring (bicyclic) bond motifs is 1. The third kappa shape index (κ3) is 1.53. The lowest BCUT2D eigenvalue weighted by Crippen LogP contribution is -1.87. The van der Waals surface area contributed by atoms with E-state index in [0.717, 1.165) is 0 Å². The van der Waals surface area contributed by atoms with Crippen LogP contribution in [-0.2, 0) is 0 Å². The number of hydrogen-bond donors (Lipinski definition) is 1. The van der Waals surface area contributed by atoms with Crippen LogP contribution in [-0.4, -0.2) is 5.11 Å². The summed E-state index contributed by atoms with van der Waals surface area (Å²) in [7, 11) is 0. The van der Waals surface area contributed by atoms with Crippen molar-refractivity contribution < 1.29 is 9.84 Å². The number of hydrogen-bond acceptors (Lipinski definition) is 2. The minimum atomic E-state index is 0.181. The van der Waals surface area contributed by atoms with Gasteiger partial charge in [-0.2, -0.15) is 0 Å². The molecule has 0 saturated carbocycles. The zero-order valence-corrected chi connectivity index (χ0v) is 7.45. The lowest BCUT2D eigenvalue weighted by Gasteiger charge is -2.05. The van der Waals surface area contributed by atoms with Crippen LogP contribution in [0.1, 0.15) is 5.56 Å². The molecule has 66 valence electrons. The highest BCUT2D eigenvalue weighted by Gasteiger charge is 2.09. The molecule has 0 atom stereocenters. The number of rotatable bonds is 0. The first-order valence-electron chi connectivity index (χ1n) is 3.80. The summed E-state index contributed by atoms with van der Waals surface area (Å²) < 4.78 is 5.22. The summed E-state index contributed by atoms with van der Waals surface area (Å²) in [6.45, 7) is 0. The van der Waals surface area contributed by atoms with Gasteiger partial charge in [-0.15, -0.1) is 0 Å². The standard InChI is InChI=1S/C10H7ClO2/c11-7-3-4-8-9(12)2-1-5-13-10(8)6-7/h1-6,12H. The van der Waals surface area contributed by atoms with Gasteiger partial charge >= 0.3 is 0 Å². The average Bonchev–Trinajstić information content (AvgIpc) is 2.28. The fourth-order valence-electron chi connectivity index (χ4n) is 1.14. The van der Waals surface area contributed by atoms with Crippen molar-refractivity contribution in [3.8, 4) is 5.75 Å². The Hall–Kier alpha value is -1.41. The lowest BCUT2D eigenvalue weighted by molar-refractivity contribution is 0.471. The molecule has 2 nitrogen and oxygen atoms in total. The molecule has 0 aliphatic carbocycles. The molecule has 1 aliphatic heterocycles. The Morgan fingerprint density at radius 2 is 2.15 bits per heavy atom. The monoisotopic (exact) mass is 194 g/mol. The number of aliphatic hydroxyl groups excluding tert-OH is 1. The molecule has 0 saturated heterocycles. The highest BCUT2D eigenvalue weighted by Crippen LogP contribution is 2.29. The smallest absolute Gasteiger partial charge is 0.138 e. The predicted molar refractivity (Wildman–Crippen MR) is 51.8 cm³/mol. The molecule has 0 aromatic heterocycles. The topological polar surface area (TPSA) is 29.5 Å². The quantitative estimate of drug-likeness (QED) is 0.688. The second-order valence-corrected chi connectivity index (χ2v) is 3.08. The van der Waals surface area contributed by atoms with Crippen LogP contribution in [0, 0.1) is 0 Å². The summed E-state index contributed by atoms with van der Waals surface area (Å²) in [4.78, 5) is 0. The Morgan fingerprint density at radius 3 is 3.00 bits per heavy atom. The predicted octanol–water partition coefficient (Wildman–Crippen LogP) is 3.15. The molecule has 2 rings (SSSR count). The van der Waals surface area contributed by atoms with E-state index in [4.69, 9.17) is 16.3 Å². The maximum atomic E-state index is 9.52. The molecule has 13 heavy (non-hydrogen) atoms. The van der Waals surface area contributed by atoms with Crippen LogP contribution in [0.25, 0.3) is 5.76 Å². The van der Waals surface area contributed by atoms with E-state index < -0.39 is 0 Å². The van der Waals surface area contributed by atoms with Crippen molar-refractivity contribution in [2.45, 2.75) is 0 Å². The summed E-state index contributed by atoms with van der Waals surface area (Å²) in [6, 6.07) is 5.09. The molecular weight excluding hydrogens is 188 g/mol. The Morgan fingerprint density at radius 1 is 1.31 bits per heavy atom. The van der Waals surface area contributed by atoms with E-state index in [1.165, 1.54) is 6.26 Å². The van der Waals surface area contributed by atoms with Crippen molar-refractivity contribution in [3.05, 3.63) is 47.2 Å². The van der Waals surface area contributed by atoms with Crippen LogP contribution in [0.5, 0.6) is 5.75 Å². The zero-order chi connectivity index (χ0) is 9.26. The van der Waals surface area contributed by atoms with Gasteiger partial charge in [0.05, 0.1) is 11.8 Å². The largest absolute Gasteiger partial charge is 0.507 e. The highest BCUT2D eigenvalue weighted by atomic mass is 35.5. The summed E-state index contributed by atoms with van der Waals surface area (Å²) in [5, 5.41) is 10.1. The van der Waals surface area contributed by atoms with Crippen LogP contribution in [0.3, 0.4) is 0 Å². The summed E-state index contributed by atoms with van der Waals surface area (Å²) >= 11 is 5.77. The molecule has 1 aromatic rings. The molecule has 1 aliphatic rings. The van der Waals surface area contributed by atoms with Crippen LogP contribution in [0.4, 0.5) is 0 Å². The third-order valence-corrected chi connectivity index (χ3v) is 1.98. The molecule has 1 N–H and O–H groups in total. The third-order valence-electron chi connectivity index (χ3n) is 1.75. The molecule has 0 spiro atoms. The van der Waals surface area contributed by atoms with E-state index in [9.17, 15) is 5.11 Å². The normalized spacial score (nSPS) is 14.1. The first-order chi connectivity index (χ1) is 6.27. The SMILES string of the molecule is OC1=CC=COc2cc(Cl)ccc21. The molecule has 0 fully saturated rings. The number of aliphatic hydroxyl groups is 1. The van der Waals surface area contributed by atoms with E-state index in [0.29, 0.717) is 16.3 Å². The van der Waals surface area contributed by atoms with Gasteiger partial charge < -0.3 is 9.84 Å². The molecule has 0 radical (unpaired) electrons. The van der Waals surface area contributed by atoms with Gasteiger partial charge in [0, 0.05) is 11.1 Å². The van der Waals surface area contributed by atoms with Crippen molar-refractivity contribution in [1.82, 2.24) is 0 Å². The van der Waals surface area contributed by atoms with Crippen molar-refractivity contribution in [3.63, 3.8) is 0 Å². The van der Waals surface area contributed by atoms with E-state index in [1.807, 2.05) is 0 Å². The zero-order valence-electron chi connectivity index (χ0n) is 6.70. The first kappa shape index (κ1) is 8.20. The highest BCUT2D eigenvalue weighted by molar-refractivity contribution is 6.30. The maximum absolute atomic E-state index is 9.52. The fraction of sp³-hybridized carbons (Fsp3) is 0. The van der Waals surface area contributed by atoms with Gasteiger partial charge in [-0.3, -0.25) is 0 Å². The van der Waals surface area contributed by atoms with Crippen LogP contribution >= 0.6 is 11.6 Å². The lowest BCUT2D eigenvalue weighted by atomic mass is 10.1. The Bertz CT molecular complexity index is 394. The van der Waals surface area contributed by atoms with Gasteiger partial charge in [0.25, 0.3) is 0 Å². The number of ether oxygens (including phenoxy) is 1. The maximum Gasteiger partial charge on any atom is 0.138 e. The molecule has 0 unspecified atom stereocenters. The molecule has 0 bridgehead atoms. The van der Waals surface area contributed by atoms with E-state index in [-0.39, 0.29) is 5.76 Å². The van der Waals surface area contributed by atoms with Gasteiger partial charge in [-0.25, -0.2) is 0 Å². The van der Waals surface area contributed by atoms with Crippen molar-refractivity contribution >= 4 is 17.4 Å². The van der Waals surface area contributed by atoms with Crippen LogP contribution < -0.4 is 4.74 Å². The van der Waals surface area contributed by atoms with Gasteiger partial charge in [0.15, 0.2) is 0 Å². The van der Waals surface area contributed by atoms with Crippen molar-refractivity contribution in [1.29, 1.82) is 0 Å². The Balaban J connectivity index is 2.59. The van der Waals surface area contributed by atoms with Gasteiger partial charge in [-0.05, 0) is 24.3 Å². The molecule has 1 aromatic carbocycles. The molecular formula is C10H7ClO2. The molecule has 0 amide bonds. The Labute approximate surface area is 80.7 Å². The van der Waals surface area contributed by atoms with Gasteiger partial charge in [0.1, 0.15) is 11.5 Å². The Kier molecular flexibility index (Phi) is 1.99. The first-order valence-corrected chi connectivity index (χ1v) is 4.17. The summed E-state index contributed by atoms with van der Waals surface area (Å²) in [6.07, 6.45) is 4.70. The number of allylic oxidation sites excluding steroid dienone is 2. The van der Waals surface area contributed by atoms with E-state index in [2.05, 4.69) is 0 Å². The average molecular weight is 195 g/mol.